The third-order valence-electron chi connectivity index (χ3n) is 14.6. The van der Waals surface area contributed by atoms with Crippen LogP contribution < -0.4 is 0 Å². The van der Waals surface area contributed by atoms with Crippen molar-refractivity contribution in [3.8, 4) is 0 Å². The molecule has 0 radical (unpaired) electrons. The molecule has 0 aromatic carbocycles. The van der Waals surface area contributed by atoms with Crippen molar-refractivity contribution in [2.45, 2.75) is 310 Å². The van der Waals surface area contributed by atoms with E-state index >= 15 is 0 Å². The number of esters is 2. The molecule has 0 spiro atoms. The van der Waals surface area contributed by atoms with Crippen LogP contribution in [0.25, 0.3) is 0 Å². The molecule has 3 unspecified atom stereocenters. The van der Waals surface area contributed by atoms with Gasteiger partial charge in [0.1, 0.15) is 0 Å². The Labute approximate surface area is 436 Å². The number of nitrogens with zero attached hydrogens (tertiary/aromatic N) is 2. The first-order chi connectivity index (χ1) is 34.1. The van der Waals surface area contributed by atoms with Crippen molar-refractivity contribution in [3.63, 3.8) is 0 Å². The van der Waals surface area contributed by atoms with Crippen molar-refractivity contribution in [2.75, 3.05) is 47.0 Å². The van der Waals surface area contributed by atoms with Gasteiger partial charge in [0.25, 0.3) is 0 Å². The molecule has 0 aliphatic heterocycles. The SMILES string of the molecule is B=C(CCCCCC(CCCCCC(=O)OCC(CCCCCC)CCCCCCCC)N(CCCN(C)C)C(=O)CCCCCCCC(=O)OCC)OCC(CCCCCC)CCCCCCCC. The molecule has 9 heteroatoms. The van der Waals surface area contributed by atoms with Crippen molar-refractivity contribution in [1.82, 2.24) is 9.80 Å². The van der Waals surface area contributed by atoms with Crippen molar-refractivity contribution in [3.05, 3.63) is 0 Å². The van der Waals surface area contributed by atoms with Crippen LogP contribution in [-0.2, 0) is 28.6 Å². The molecule has 0 rings (SSSR count). The average Bonchev–Trinajstić information content (AvgIpc) is 3.34. The summed E-state index contributed by atoms with van der Waals surface area (Å²) < 4.78 is 17.4. The van der Waals surface area contributed by atoms with Crippen LogP contribution in [0.4, 0.5) is 0 Å². The molecule has 0 saturated carbocycles. The molecule has 0 aromatic heterocycles. The number of hydrogen-bond donors (Lipinski definition) is 0. The Morgan fingerprint density at radius 2 is 0.743 bits per heavy atom. The predicted molar refractivity (Wildman–Crippen MR) is 303 cm³/mol. The number of amides is 1. The first kappa shape index (κ1) is 68.1. The van der Waals surface area contributed by atoms with E-state index in [1.807, 2.05) is 6.92 Å². The van der Waals surface area contributed by atoms with Crippen LogP contribution in [0, 0.1) is 11.8 Å². The topological polar surface area (TPSA) is 85.4 Å². The van der Waals surface area contributed by atoms with E-state index in [0.29, 0.717) is 44.3 Å². The molecule has 0 heterocycles. The summed E-state index contributed by atoms with van der Waals surface area (Å²) in [6, 6.07) is 0.205. The van der Waals surface area contributed by atoms with Crippen LogP contribution in [0.3, 0.4) is 0 Å². The fourth-order valence-corrected chi connectivity index (χ4v) is 10.0. The second-order valence-electron chi connectivity index (χ2n) is 21.7. The normalized spacial score (nSPS) is 12.8. The Morgan fingerprint density at radius 1 is 0.386 bits per heavy atom. The molecule has 3 atom stereocenters. The molecule has 0 aromatic rings. The zero-order valence-electron chi connectivity index (χ0n) is 48.0. The Morgan fingerprint density at radius 3 is 1.20 bits per heavy atom. The van der Waals surface area contributed by atoms with Crippen LogP contribution in [0.15, 0.2) is 0 Å². The fourth-order valence-electron chi connectivity index (χ4n) is 10.0. The predicted octanol–water partition coefficient (Wildman–Crippen LogP) is 16.6. The fraction of sp³-hybridized carbons (Fsp3) is 0.934. The first-order valence-corrected chi connectivity index (χ1v) is 30.7. The third-order valence-corrected chi connectivity index (χ3v) is 14.6. The molecule has 0 aliphatic rings. The standard InChI is InChI=1S/C61H119BN2O6/c1-8-13-17-21-24-32-43-55(41-30-19-15-10-3)53-69-58(62)47-36-28-34-45-57(64(52-40-51-63(6)7)59(65)48-37-26-23-27-38-49-60(66)68-12-5)46-35-29-39-50-61(67)70-54-56(42-31-20-16-11-4)44-33-25-22-18-14-9-2/h55-57,62H,8-54H2,1-7H3. The number of unbranched alkanes of at least 4 members (excludes halogenated alkanes) is 24. The average molecular weight is 987 g/mol. The molecule has 0 saturated heterocycles. The van der Waals surface area contributed by atoms with E-state index in [-0.39, 0.29) is 23.9 Å². The van der Waals surface area contributed by atoms with E-state index < -0.39 is 0 Å². The molecule has 412 valence electrons. The van der Waals surface area contributed by atoms with Crippen molar-refractivity contribution >= 4 is 31.0 Å². The van der Waals surface area contributed by atoms with Gasteiger partial charge >= 0.3 is 263 Å². The quantitative estimate of drug-likeness (QED) is 0.0341. The van der Waals surface area contributed by atoms with Gasteiger partial charge in [0.15, 0.2) is 0 Å². The third kappa shape index (κ3) is 44.8. The zero-order valence-corrected chi connectivity index (χ0v) is 48.0. The second-order valence-corrected chi connectivity index (χ2v) is 21.7. The molecule has 0 bridgehead atoms. The number of rotatable bonds is 55. The molecule has 8 nitrogen and oxygen atoms in total. The summed E-state index contributed by atoms with van der Waals surface area (Å²) in [5.41, 5.74) is 0.943. The van der Waals surface area contributed by atoms with Gasteiger partial charge in [-0.15, -0.1) is 0 Å². The van der Waals surface area contributed by atoms with Gasteiger partial charge < -0.3 is 9.47 Å². The number of carbonyl (C=O) groups excluding carboxylic acids is 3. The van der Waals surface area contributed by atoms with E-state index in [4.69, 9.17) is 14.2 Å². The van der Waals surface area contributed by atoms with Crippen molar-refractivity contribution < 1.29 is 28.6 Å². The van der Waals surface area contributed by atoms with Gasteiger partial charge in [-0.25, -0.2) is 0 Å². The summed E-state index contributed by atoms with van der Waals surface area (Å²) in [6.45, 7) is 14.5. The molecular weight excluding hydrogens is 867 g/mol. The van der Waals surface area contributed by atoms with Gasteiger partial charge in [-0.1, -0.05) is 90.9 Å². The van der Waals surface area contributed by atoms with Crippen LogP contribution in [0.5, 0.6) is 0 Å². The first-order valence-electron chi connectivity index (χ1n) is 30.7. The summed E-state index contributed by atoms with van der Waals surface area (Å²) in [5.74, 6) is 1.27. The molecule has 0 N–H and O–H groups in total. The Balaban J connectivity index is 5.45. The van der Waals surface area contributed by atoms with Crippen LogP contribution in [-0.4, -0.2) is 93.8 Å². The van der Waals surface area contributed by atoms with Gasteiger partial charge in [-0.05, 0) is 46.2 Å². The molecule has 70 heavy (non-hydrogen) atoms. The van der Waals surface area contributed by atoms with Gasteiger partial charge in [0.2, 0.25) is 0 Å². The molecular formula is C61H119BN2O6. The van der Waals surface area contributed by atoms with Crippen LogP contribution in [0.2, 0.25) is 0 Å². The summed E-state index contributed by atoms with van der Waals surface area (Å²) in [4.78, 5) is 43.4. The van der Waals surface area contributed by atoms with Gasteiger partial charge in [-0.2, -0.15) is 0 Å². The molecule has 1 amide bonds. The number of carbonyl (C=O) groups is 3. The van der Waals surface area contributed by atoms with Crippen LogP contribution >= 0.6 is 0 Å². The maximum absolute atomic E-state index is 14.1. The van der Waals surface area contributed by atoms with Gasteiger partial charge in [-0.3, -0.25) is 9.59 Å². The second kappa shape index (κ2) is 52.0. The summed E-state index contributed by atoms with van der Waals surface area (Å²) >= 11 is 0. The van der Waals surface area contributed by atoms with Gasteiger partial charge in [0.05, 0.1) is 13.2 Å². The summed E-state index contributed by atoms with van der Waals surface area (Å²) in [7, 11) is 8.59. The van der Waals surface area contributed by atoms with Crippen molar-refractivity contribution in [1.29, 1.82) is 0 Å². The van der Waals surface area contributed by atoms with E-state index in [2.05, 4.69) is 59.1 Å². The van der Waals surface area contributed by atoms with Crippen LogP contribution in [0.1, 0.15) is 304 Å². The number of hydrogen-bond acceptors (Lipinski definition) is 7. The van der Waals surface area contributed by atoms with E-state index in [9.17, 15) is 14.4 Å². The summed E-state index contributed by atoms with van der Waals surface area (Å²) in [6.07, 6.45) is 47.3. The molecule has 0 fully saturated rings. The molecule has 0 aliphatic carbocycles. The Hall–Kier alpha value is -1.90. The van der Waals surface area contributed by atoms with Gasteiger partial charge in [0, 0.05) is 6.42 Å². The minimum atomic E-state index is -0.110. The maximum atomic E-state index is 14.1. The minimum absolute atomic E-state index is 0.0368. The van der Waals surface area contributed by atoms with E-state index in [1.54, 1.807) is 0 Å². The zero-order chi connectivity index (χ0) is 51.6. The van der Waals surface area contributed by atoms with Crippen molar-refractivity contribution in [2.24, 2.45) is 11.8 Å². The summed E-state index contributed by atoms with van der Waals surface area (Å²) in [5, 5.41) is 0. The Kier molecular flexibility index (Phi) is 50.6. The van der Waals surface area contributed by atoms with E-state index in [1.165, 1.54) is 154 Å². The van der Waals surface area contributed by atoms with E-state index in [0.717, 1.165) is 122 Å². The number of ether oxygens (including phenoxy) is 3. The monoisotopic (exact) mass is 987 g/mol. The Bertz CT molecular complexity index is 1130.